The molecular weight excluding hydrogens is 360 g/mol. The van der Waals surface area contributed by atoms with Gasteiger partial charge in [-0.1, -0.05) is 5.16 Å². The molecule has 1 aromatic heterocycles. The van der Waals surface area contributed by atoms with Gasteiger partial charge in [0.25, 0.3) is 0 Å². The fourth-order valence-corrected chi connectivity index (χ4v) is 5.12. The van der Waals surface area contributed by atoms with Gasteiger partial charge >= 0.3 is 0 Å². The van der Waals surface area contributed by atoms with E-state index in [1.54, 1.807) is 18.7 Å². The van der Waals surface area contributed by atoms with Gasteiger partial charge in [0, 0.05) is 39.3 Å². The number of ether oxygens (including phenoxy) is 1. The molecule has 0 bridgehead atoms. The molecule has 10 heteroatoms. The van der Waals surface area contributed by atoms with Crippen LogP contribution in [0.2, 0.25) is 0 Å². The van der Waals surface area contributed by atoms with E-state index in [-0.39, 0.29) is 36.5 Å². The summed E-state index contributed by atoms with van der Waals surface area (Å²) in [7, 11) is -3.65. The molecule has 1 unspecified atom stereocenters. The lowest BCUT2D eigenvalue weighted by Gasteiger charge is -2.34. The minimum Gasteiger partial charge on any atom is -0.377 e. The van der Waals surface area contributed by atoms with Gasteiger partial charge < -0.3 is 19.5 Å². The Morgan fingerprint density at radius 2 is 2.00 bits per heavy atom. The normalized spacial score (nSPS) is 22.1. The van der Waals surface area contributed by atoms with Gasteiger partial charge in [-0.25, -0.2) is 8.42 Å². The van der Waals surface area contributed by atoms with Crippen LogP contribution < -0.4 is 5.32 Å². The summed E-state index contributed by atoms with van der Waals surface area (Å²) in [5.41, 5.74) is 0.360. The van der Waals surface area contributed by atoms with Crippen molar-refractivity contribution in [2.45, 2.75) is 37.7 Å². The van der Waals surface area contributed by atoms with Crippen LogP contribution in [-0.2, 0) is 19.6 Å². The molecule has 1 N–H and O–H groups in total. The average Bonchev–Trinajstić information content (AvgIpc) is 3.25. The van der Waals surface area contributed by atoms with Gasteiger partial charge in [-0.15, -0.1) is 0 Å². The zero-order chi connectivity index (χ0) is 18.7. The molecule has 3 rings (SSSR count). The molecule has 2 aliphatic rings. The highest BCUT2D eigenvalue weighted by atomic mass is 32.2. The van der Waals surface area contributed by atoms with E-state index in [1.165, 1.54) is 4.31 Å². The first-order valence-corrected chi connectivity index (χ1v) is 10.4. The highest BCUT2D eigenvalue weighted by Crippen LogP contribution is 2.24. The predicted octanol–water partition coefficient (Wildman–Crippen LogP) is -0.107. The summed E-state index contributed by atoms with van der Waals surface area (Å²) < 4.78 is 37.4. The SMILES string of the molecule is Cc1noc(C)c1S(=O)(=O)N1CCN(C(=O)CNCC2CCCO2)CC1. The Labute approximate surface area is 153 Å². The molecule has 26 heavy (non-hydrogen) atoms. The van der Waals surface area contributed by atoms with E-state index in [0.29, 0.717) is 31.1 Å². The van der Waals surface area contributed by atoms with E-state index < -0.39 is 10.0 Å². The molecule has 2 aliphatic heterocycles. The molecule has 0 aromatic carbocycles. The molecule has 9 nitrogen and oxygen atoms in total. The highest BCUT2D eigenvalue weighted by molar-refractivity contribution is 7.89. The van der Waals surface area contributed by atoms with Crippen LogP contribution in [0.4, 0.5) is 0 Å². The molecule has 146 valence electrons. The number of nitrogens with one attached hydrogen (secondary N) is 1. The first-order valence-electron chi connectivity index (χ1n) is 8.92. The first kappa shape index (κ1) is 19.3. The van der Waals surface area contributed by atoms with Crippen LogP contribution in [0.3, 0.4) is 0 Å². The molecule has 0 aliphatic carbocycles. The Balaban J connectivity index is 1.49. The summed E-state index contributed by atoms with van der Waals surface area (Å²) >= 11 is 0. The van der Waals surface area contributed by atoms with Gasteiger partial charge in [-0.3, -0.25) is 4.79 Å². The summed E-state index contributed by atoms with van der Waals surface area (Å²) in [6.07, 6.45) is 2.29. The lowest BCUT2D eigenvalue weighted by molar-refractivity contribution is -0.131. The molecule has 1 aromatic rings. The van der Waals surface area contributed by atoms with E-state index in [9.17, 15) is 13.2 Å². The van der Waals surface area contributed by atoms with Crippen molar-refractivity contribution >= 4 is 15.9 Å². The molecule has 1 amide bonds. The molecule has 0 saturated carbocycles. The quantitative estimate of drug-likeness (QED) is 0.727. The van der Waals surface area contributed by atoms with Crippen LogP contribution >= 0.6 is 0 Å². The third-order valence-corrected chi connectivity index (χ3v) is 6.97. The summed E-state index contributed by atoms with van der Waals surface area (Å²) in [4.78, 5) is 14.1. The number of sulfonamides is 1. The van der Waals surface area contributed by atoms with Crippen molar-refractivity contribution in [3.05, 3.63) is 11.5 Å². The molecule has 2 fully saturated rings. The Hall–Kier alpha value is -1.49. The Morgan fingerprint density at radius 3 is 2.58 bits per heavy atom. The number of hydrogen-bond donors (Lipinski definition) is 1. The summed E-state index contributed by atoms with van der Waals surface area (Å²) in [5.74, 6) is 0.275. The molecule has 0 radical (unpaired) electrons. The van der Waals surface area contributed by atoms with Crippen molar-refractivity contribution in [2.75, 3.05) is 45.9 Å². The number of nitrogens with zero attached hydrogens (tertiary/aromatic N) is 3. The van der Waals surface area contributed by atoms with E-state index in [0.717, 1.165) is 19.4 Å². The number of piperazine rings is 1. The molecule has 2 saturated heterocycles. The van der Waals surface area contributed by atoms with Crippen molar-refractivity contribution in [3.63, 3.8) is 0 Å². The van der Waals surface area contributed by atoms with Crippen LogP contribution in [-0.4, -0.2) is 80.7 Å². The van der Waals surface area contributed by atoms with Crippen molar-refractivity contribution in [2.24, 2.45) is 0 Å². The number of hydrogen-bond acceptors (Lipinski definition) is 7. The smallest absolute Gasteiger partial charge is 0.248 e. The number of carbonyl (C=O) groups is 1. The van der Waals surface area contributed by atoms with E-state index in [1.807, 2.05) is 0 Å². The van der Waals surface area contributed by atoms with Gasteiger partial charge in [0.2, 0.25) is 15.9 Å². The van der Waals surface area contributed by atoms with Crippen molar-refractivity contribution in [1.82, 2.24) is 19.7 Å². The number of aromatic nitrogens is 1. The summed E-state index contributed by atoms with van der Waals surface area (Å²) in [6, 6.07) is 0. The number of aryl methyl sites for hydroxylation is 2. The maximum absolute atomic E-state index is 12.8. The van der Waals surface area contributed by atoms with Crippen LogP contribution in [0.25, 0.3) is 0 Å². The predicted molar refractivity (Wildman–Crippen MR) is 93.2 cm³/mol. The van der Waals surface area contributed by atoms with Crippen molar-refractivity contribution < 1.29 is 22.5 Å². The minimum atomic E-state index is -3.65. The lowest BCUT2D eigenvalue weighted by Crippen LogP contribution is -2.52. The zero-order valence-corrected chi connectivity index (χ0v) is 16.0. The largest absolute Gasteiger partial charge is 0.377 e. The van der Waals surface area contributed by atoms with E-state index in [4.69, 9.17) is 9.26 Å². The van der Waals surface area contributed by atoms with Gasteiger partial charge in [0.15, 0.2) is 5.76 Å². The fraction of sp³-hybridized carbons (Fsp3) is 0.750. The fourth-order valence-electron chi connectivity index (χ4n) is 3.41. The number of amides is 1. The molecular formula is C16H26N4O5S. The average molecular weight is 386 g/mol. The highest BCUT2D eigenvalue weighted by Gasteiger charge is 2.34. The van der Waals surface area contributed by atoms with Crippen LogP contribution in [0.5, 0.6) is 0 Å². The van der Waals surface area contributed by atoms with E-state index in [2.05, 4.69) is 10.5 Å². The summed E-state index contributed by atoms with van der Waals surface area (Å²) in [5, 5.41) is 6.86. The summed E-state index contributed by atoms with van der Waals surface area (Å²) in [6.45, 7) is 6.21. The second-order valence-corrected chi connectivity index (χ2v) is 8.58. The second kappa shape index (κ2) is 8.03. The van der Waals surface area contributed by atoms with Crippen molar-refractivity contribution in [3.8, 4) is 0 Å². The monoisotopic (exact) mass is 386 g/mol. The van der Waals surface area contributed by atoms with Gasteiger partial charge in [0.1, 0.15) is 10.6 Å². The Kier molecular flexibility index (Phi) is 5.96. The molecule has 0 spiro atoms. The standard InChI is InChI=1S/C16H26N4O5S/c1-12-16(13(2)25-18-12)26(22,23)20-7-5-19(6-8-20)15(21)11-17-10-14-4-3-9-24-14/h14,17H,3-11H2,1-2H3. The Morgan fingerprint density at radius 1 is 1.27 bits per heavy atom. The van der Waals surface area contributed by atoms with Crippen molar-refractivity contribution in [1.29, 1.82) is 0 Å². The zero-order valence-electron chi connectivity index (χ0n) is 15.2. The lowest BCUT2D eigenvalue weighted by atomic mass is 10.2. The second-order valence-electron chi connectivity index (χ2n) is 6.70. The van der Waals surface area contributed by atoms with E-state index >= 15 is 0 Å². The van der Waals surface area contributed by atoms with Gasteiger partial charge in [-0.2, -0.15) is 4.31 Å². The van der Waals surface area contributed by atoms with Gasteiger partial charge in [0.05, 0.1) is 12.6 Å². The maximum atomic E-state index is 12.8. The topological polar surface area (TPSA) is 105 Å². The molecule has 1 atom stereocenters. The minimum absolute atomic E-state index is 0.0163. The number of rotatable bonds is 6. The number of carbonyl (C=O) groups excluding carboxylic acids is 1. The third-order valence-electron chi connectivity index (χ3n) is 4.83. The van der Waals surface area contributed by atoms with Crippen LogP contribution in [0.15, 0.2) is 9.42 Å². The maximum Gasteiger partial charge on any atom is 0.248 e. The van der Waals surface area contributed by atoms with Crippen LogP contribution in [0, 0.1) is 13.8 Å². The van der Waals surface area contributed by atoms with Gasteiger partial charge in [-0.05, 0) is 26.7 Å². The van der Waals surface area contributed by atoms with Crippen LogP contribution in [0.1, 0.15) is 24.3 Å². The third kappa shape index (κ3) is 4.08. The molecule has 3 heterocycles. The Bertz CT molecular complexity index is 714. The first-order chi connectivity index (χ1) is 12.4.